The summed E-state index contributed by atoms with van der Waals surface area (Å²) in [4.78, 5) is 12.2. The van der Waals surface area contributed by atoms with Crippen LogP contribution in [0, 0.1) is 0 Å². The quantitative estimate of drug-likeness (QED) is 0.337. The van der Waals surface area contributed by atoms with E-state index < -0.39 is 0 Å². The first-order valence-electron chi connectivity index (χ1n) is 9.71. The molecule has 1 aliphatic rings. The lowest BCUT2D eigenvalue weighted by atomic mass is 9.96. The van der Waals surface area contributed by atoms with Crippen LogP contribution >= 0.6 is 0 Å². The first-order valence-corrected chi connectivity index (χ1v) is 9.71. The molecule has 0 saturated carbocycles. The maximum atomic E-state index is 5.03. The minimum atomic E-state index is 0.758. The largest absolute Gasteiger partial charge is 0.309 e. The smallest absolute Gasteiger partial charge is 0.160 e. The lowest BCUT2D eigenvalue weighted by Gasteiger charge is -2.32. The van der Waals surface area contributed by atoms with Gasteiger partial charge in [0, 0.05) is 16.8 Å². The molecule has 0 amide bonds. The van der Waals surface area contributed by atoms with Crippen LogP contribution in [-0.2, 0) is 0 Å². The Morgan fingerprint density at radius 3 is 2.07 bits per heavy atom. The molecular formula is C26H17N3. The number of anilines is 3. The Labute approximate surface area is 168 Å². The minimum absolute atomic E-state index is 0.758. The van der Waals surface area contributed by atoms with Crippen molar-refractivity contribution in [2.24, 2.45) is 0 Å². The molecule has 2 heterocycles. The average molecular weight is 371 g/mol. The van der Waals surface area contributed by atoms with Gasteiger partial charge in [-0.3, -0.25) is 0 Å². The maximum Gasteiger partial charge on any atom is 0.160 e. The summed E-state index contributed by atoms with van der Waals surface area (Å²) in [5, 5.41) is 1.09. The van der Waals surface area contributed by atoms with Crippen LogP contribution < -0.4 is 4.90 Å². The number of hydrogen-bond acceptors (Lipinski definition) is 3. The molecular weight excluding hydrogens is 354 g/mol. The Hall–Kier alpha value is -3.98. The van der Waals surface area contributed by atoms with Gasteiger partial charge in [0.05, 0.1) is 28.0 Å². The van der Waals surface area contributed by atoms with E-state index in [0.717, 1.165) is 50.6 Å². The molecule has 5 aromatic rings. The summed E-state index contributed by atoms with van der Waals surface area (Å²) in [6, 6.07) is 35.4. The number of para-hydroxylation sites is 2. The fourth-order valence-electron chi connectivity index (χ4n) is 4.12. The van der Waals surface area contributed by atoms with Gasteiger partial charge in [0.2, 0.25) is 0 Å². The maximum absolute atomic E-state index is 5.03. The molecule has 29 heavy (non-hydrogen) atoms. The number of hydrogen-bond donors (Lipinski definition) is 0. The Morgan fingerprint density at radius 1 is 0.552 bits per heavy atom. The lowest BCUT2D eigenvalue weighted by Crippen LogP contribution is -2.16. The highest BCUT2D eigenvalue weighted by molar-refractivity contribution is 6.11. The zero-order chi connectivity index (χ0) is 19.2. The normalized spacial score (nSPS) is 12.1. The summed E-state index contributed by atoms with van der Waals surface area (Å²) in [5.41, 5.74) is 7.48. The Kier molecular flexibility index (Phi) is 3.47. The van der Waals surface area contributed by atoms with Crippen molar-refractivity contribution in [3.05, 3.63) is 103 Å². The van der Waals surface area contributed by atoms with Crippen molar-refractivity contribution < 1.29 is 0 Å². The summed E-state index contributed by atoms with van der Waals surface area (Å²) < 4.78 is 0. The fraction of sp³-hybridized carbons (Fsp3) is 0. The van der Waals surface area contributed by atoms with Crippen molar-refractivity contribution in [3.63, 3.8) is 0 Å². The van der Waals surface area contributed by atoms with Gasteiger partial charge in [-0.05, 0) is 30.3 Å². The molecule has 4 aromatic carbocycles. The van der Waals surface area contributed by atoms with Crippen molar-refractivity contribution in [2.45, 2.75) is 0 Å². The Balaban J connectivity index is 1.71. The predicted molar refractivity (Wildman–Crippen MR) is 119 cm³/mol. The van der Waals surface area contributed by atoms with E-state index in [-0.39, 0.29) is 0 Å². The van der Waals surface area contributed by atoms with E-state index in [1.54, 1.807) is 0 Å². The van der Waals surface area contributed by atoms with E-state index in [1.807, 2.05) is 24.3 Å². The zero-order valence-corrected chi connectivity index (χ0v) is 15.7. The third-order valence-corrected chi connectivity index (χ3v) is 5.39. The van der Waals surface area contributed by atoms with Crippen LogP contribution in [0.5, 0.6) is 0 Å². The summed E-state index contributed by atoms with van der Waals surface area (Å²) in [6.07, 6.45) is 0. The second-order valence-electron chi connectivity index (χ2n) is 7.12. The molecule has 0 aliphatic carbocycles. The molecule has 0 radical (unpaired) electrons. The van der Waals surface area contributed by atoms with Crippen LogP contribution in [0.2, 0.25) is 0 Å². The van der Waals surface area contributed by atoms with Crippen molar-refractivity contribution in [1.29, 1.82) is 0 Å². The van der Waals surface area contributed by atoms with Crippen molar-refractivity contribution >= 4 is 28.0 Å². The number of nitrogens with zero attached hydrogens (tertiary/aromatic N) is 3. The molecule has 3 nitrogen and oxygen atoms in total. The first-order chi connectivity index (χ1) is 14.4. The van der Waals surface area contributed by atoms with Gasteiger partial charge in [-0.2, -0.15) is 0 Å². The molecule has 0 unspecified atom stereocenters. The molecule has 1 aromatic heterocycles. The minimum Gasteiger partial charge on any atom is -0.309 e. The molecule has 0 saturated heterocycles. The highest BCUT2D eigenvalue weighted by atomic mass is 15.2. The summed E-state index contributed by atoms with van der Waals surface area (Å²) >= 11 is 0. The third-order valence-electron chi connectivity index (χ3n) is 5.39. The molecule has 0 fully saturated rings. The standard InChI is InChI=1S/C26H17N3/c1-3-10-18(11-4-1)26-27-21-15-9-17-23-24(21)25(28-26)20-14-7-8-16-22(20)29(23)19-12-5-2-6-13-19/h1-17H. The van der Waals surface area contributed by atoms with Gasteiger partial charge in [-0.15, -0.1) is 0 Å². The van der Waals surface area contributed by atoms with Crippen LogP contribution in [0.3, 0.4) is 0 Å². The van der Waals surface area contributed by atoms with Crippen LogP contribution in [0.1, 0.15) is 0 Å². The van der Waals surface area contributed by atoms with E-state index in [4.69, 9.17) is 9.97 Å². The van der Waals surface area contributed by atoms with Crippen LogP contribution in [0.25, 0.3) is 33.5 Å². The Bertz CT molecular complexity index is 1340. The number of benzene rings is 4. The number of fused-ring (bicyclic) bond motifs is 2. The highest BCUT2D eigenvalue weighted by Gasteiger charge is 2.27. The molecule has 1 aliphatic heterocycles. The fourth-order valence-corrected chi connectivity index (χ4v) is 4.12. The molecule has 0 spiro atoms. The second kappa shape index (κ2) is 6.28. The average Bonchev–Trinajstić information content (AvgIpc) is 2.80. The zero-order valence-electron chi connectivity index (χ0n) is 15.7. The molecule has 6 rings (SSSR count). The number of aromatic nitrogens is 2. The van der Waals surface area contributed by atoms with Gasteiger partial charge in [-0.25, -0.2) is 9.97 Å². The summed E-state index contributed by atoms with van der Waals surface area (Å²) in [6.45, 7) is 0. The highest BCUT2D eigenvalue weighted by Crippen LogP contribution is 2.49. The molecule has 3 heteroatoms. The van der Waals surface area contributed by atoms with E-state index in [1.165, 1.54) is 0 Å². The molecule has 0 bridgehead atoms. The lowest BCUT2D eigenvalue weighted by molar-refractivity contribution is 1.20. The predicted octanol–water partition coefficient (Wildman–Crippen LogP) is 6.75. The van der Waals surface area contributed by atoms with Gasteiger partial charge >= 0.3 is 0 Å². The van der Waals surface area contributed by atoms with Gasteiger partial charge in [0.25, 0.3) is 0 Å². The first kappa shape index (κ1) is 16.0. The molecule has 0 atom stereocenters. The van der Waals surface area contributed by atoms with Gasteiger partial charge in [0.1, 0.15) is 0 Å². The van der Waals surface area contributed by atoms with Crippen LogP contribution in [-0.4, -0.2) is 9.97 Å². The van der Waals surface area contributed by atoms with Crippen LogP contribution in [0.15, 0.2) is 103 Å². The van der Waals surface area contributed by atoms with Gasteiger partial charge in [0.15, 0.2) is 5.82 Å². The van der Waals surface area contributed by atoms with E-state index in [9.17, 15) is 0 Å². The third kappa shape index (κ3) is 2.44. The van der Waals surface area contributed by atoms with E-state index >= 15 is 0 Å². The second-order valence-corrected chi connectivity index (χ2v) is 7.12. The van der Waals surface area contributed by atoms with Crippen LogP contribution in [0.4, 0.5) is 17.1 Å². The van der Waals surface area contributed by atoms with Crippen molar-refractivity contribution in [3.8, 4) is 22.6 Å². The van der Waals surface area contributed by atoms with E-state index in [2.05, 4.69) is 83.8 Å². The van der Waals surface area contributed by atoms with Crippen molar-refractivity contribution in [1.82, 2.24) is 9.97 Å². The monoisotopic (exact) mass is 371 g/mol. The van der Waals surface area contributed by atoms with E-state index in [0.29, 0.717) is 0 Å². The molecule has 0 N–H and O–H groups in total. The number of rotatable bonds is 2. The Morgan fingerprint density at radius 2 is 1.24 bits per heavy atom. The topological polar surface area (TPSA) is 29.0 Å². The summed E-state index contributed by atoms with van der Waals surface area (Å²) in [7, 11) is 0. The van der Waals surface area contributed by atoms with Gasteiger partial charge < -0.3 is 4.90 Å². The van der Waals surface area contributed by atoms with Crippen molar-refractivity contribution in [2.75, 3.05) is 4.90 Å². The summed E-state index contributed by atoms with van der Waals surface area (Å²) in [5.74, 6) is 0.758. The molecule has 136 valence electrons. The van der Waals surface area contributed by atoms with Gasteiger partial charge in [-0.1, -0.05) is 72.8 Å². The SMILES string of the molecule is c1ccc(-c2nc3c4c(cccc4n2)N(c2ccccc2)c2ccccc2-3)cc1.